The molecule has 23 heavy (non-hydrogen) atoms. The molecule has 116 valence electrons. The number of allylic oxidation sites excluding steroid dienone is 2. The molecule has 3 amide bonds. The molecule has 0 unspecified atom stereocenters. The molecule has 3 aliphatic carbocycles. The van der Waals surface area contributed by atoms with Crippen molar-refractivity contribution in [2.45, 2.75) is 12.8 Å². The lowest BCUT2D eigenvalue weighted by Gasteiger charge is -2.21. The average molecular weight is 309 g/mol. The van der Waals surface area contributed by atoms with Crippen molar-refractivity contribution in [1.29, 1.82) is 0 Å². The highest BCUT2D eigenvalue weighted by Gasteiger charge is 2.73. The molecule has 2 bridgehead atoms. The zero-order valence-electron chi connectivity index (χ0n) is 12.3. The minimum Gasteiger partial charge on any atom is -0.272 e. The van der Waals surface area contributed by atoms with Crippen molar-refractivity contribution in [3.05, 3.63) is 42.2 Å². The van der Waals surface area contributed by atoms with Crippen LogP contribution >= 0.6 is 0 Å². The molecule has 5 rings (SSSR count). The van der Waals surface area contributed by atoms with Gasteiger partial charge in [0.15, 0.2) is 0 Å². The molecule has 1 saturated heterocycles. The Morgan fingerprint density at radius 2 is 1.83 bits per heavy atom. The SMILES string of the molecule is O=C(NN1C(=O)[C@@H]2[C@@H](C1=O)[C@@H]1C=C[C@@H]2C12CC2)c1cccnc1. The van der Waals surface area contributed by atoms with Crippen LogP contribution in [0, 0.1) is 29.1 Å². The molecule has 1 spiro atoms. The fraction of sp³-hybridized carbons (Fsp3) is 0.412. The van der Waals surface area contributed by atoms with Gasteiger partial charge in [-0.05, 0) is 42.2 Å². The Bertz CT molecular complexity index is 735. The van der Waals surface area contributed by atoms with Gasteiger partial charge in [-0.15, -0.1) is 0 Å². The van der Waals surface area contributed by atoms with E-state index in [1.165, 1.54) is 6.20 Å². The summed E-state index contributed by atoms with van der Waals surface area (Å²) >= 11 is 0. The van der Waals surface area contributed by atoms with Crippen LogP contribution in [-0.4, -0.2) is 27.7 Å². The van der Waals surface area contributed by atoms with Crippen molar-refractivity contribution in [2.75, 3.05) is 0 Å². The molecule has 3 fully saturated rings. The van der Waals surface area contributed by atoms with Gasteiger partial charge < -0.3 is 0 Å². The second kappa shape index (κ2) is 4.07. The first kappa shape index (κ1) is 13.0. The van der Waals surface area contributed by atoms with E-state index in [0.717, 1.165) is 17.9 Å². The van der Waals surface area contributed by atoms with Gasteiger partial charge in [0.1, 0.15) is 0 Å². The Labute approximate surface area is 132 Å². The fourth-order valence-electron chi connectivity index (χ4n) is 4.85. The van der Waals surface area contributed by atoms with E-state index in [9.17, 15) is 14.4 Å². The second-order valence-electron chi connectivity index (χ2n) is 6.92. The Balaban J connectivity index is 1.42. The van der Waals surface area contributed by atoms with Crippen molar-refractivity contribution in [3.63, 3.8) is 0 Å². The van der Waals surface area contributed by atoms with Crippen molar-refractivity contribution in [3.8, 4) is 0 Å². The van der Waals surface area contributed by atoms with Gasteiger partial charge in [0, 0.05) is 12.4 Å². The zero-order chi connectivity index (χ0) is 15.8. The number of carbonyl (C=O) groups is 3. The minimum atomic E-state index is -0.485. The van der Waals surface area contributed by atoms with E-state index >= 15 is 0 Å². The highest BCUT2D eigenvalue weighted by molar-refractivity contribution is 6.09. The highest BCUT2D eigenvalue weighted by atomic mass is 16.2. The maximum atomic E-state index is 12.7. The molecule has 0 radical (unpaired) electrons. The first-order chi connectivity index (χ1) is 11.1. The largest absolute Gasteiger partial charge is 0.272 e. The number of rotatable bonds is 2. The molecule has 2 heterocycles. The first-order valence-corrected chi connectivity index (χ1v) is 7.91. The van der Waals surface area contributed by atoms with E-state index < -0.39 is 5.91 Å². The topological polar surface area (TPSA) is 79.4 Å². The van der Waals surface area contributed by atoms with Gasteiger partial charge in [0.05, 0.1) is 17.4 Å². The van der Waals surface area contributed by atoms with Crippen LogP contribution in [0.15, 0.2) is 36.7 Å². The molecule has 1 aromatic heterocycles. The maximum Gasteiger partial charge on any atom is 0.271 e. The summed E-state index contributed by atoms with van der Waals surface area (Å²) in [5, 5.41) is 0.937. The standard InChI is InChI=1S/C17H15N3O3/c21-14(9-2-1-7-18-8-9)19-20-15(22)12-10-3-4-11(13(12)16(20)23)17(10)5-6-17/h1-4,7-8,10-13H,5-6H2,(H,19,21)/t10-,11-,12-,13-/m0/s1. The third-order valence-corrected chi connectivity index (χ3v) is 5.99. The number of nitrogens with one attached hydrogen (secondary N) is 1. The van der Waals surface area contributed by atoms with Crippen molar-refractivity contribution < 1.29 is 14.4 Å². The van der Waals surface area contributed by atoms with Gasteiger partial charge in [0.2, 0.25) is 0 Å². The maximum absolute atomic E-state index is 12.7. The number of imide groups is 1. The van der Waals surface area contributed by atoms with E-state index in [4.69, 9.17) is 0 Å². The molecule has 1 aromatic rings. The fourth-order valence-corrected chi connectivity index (χ4v) is 4.85. The van der Waals surface area contributed by atoms with Gasteiger partial charge in [0.25, 0.3) is 17.7 Å². The minimum absolute atomic E-state index is 0.161. The number of hydrogen-bond acceptors (Lipinski definition) is 4. The van der Waals surface area contributed by atoms with E-state index in [-0.39, 0.29) is 40.9 Å². The van der Waals surface area contributed by atoms with Crippen LogP contribution in [-0.2, 0) is 9.59 Å². The number of pyridine rings is 1. The zero-order valence-corrected chi connectivity index (χ0v) is 12.3. The second-order valence-corrected chi connectivity index (χ2v) is 6.92. The molecule has 4 aliphatic rings. The van der Waals surface area contributed by atoms with Crippen LogP contribution < -0.4 is 5.43 Å². The number of hydrazine groups is 1. The van der Waals surface area contributed by atoms with Crippen LogP contribution in [0.25, 0.3) is 0 Å². The third kappa shape index (κ3) is 1.48. The number of carbonyl (C=O) groups excluding carboxylic acids is 3. The number of aromatic nitrogens is 1. The molecule has 0 aromatic carbocycles. The lowest BCUT2D eigenvalue weighted by atomic mass is 9.85. The van der Waals surface area contributed by atoms with Crippen LogP contribution in [0.4, 0.5) is 0 Å². The van der Waals surface area contributed by atoms with E-state index in [2.05, 4.69) is 22.6 Å². The quantitative estimate of drug-likeness (QED) is 0.651. The molecule has 1 N–H and O–H groups in total. The summed E-state index contributed by atoms with van der Waals surface area (Å²) in [6, 6.07) is 3.23. The average Bonchev–Trinajstić information content (AvgIpc) is 3.18. The number of amides is 3. The molecule has 6 nitrogen and oxygen atoms in total. The lowest BCUT2D eigenvalue weighted by Crippen LogP contribution is -2.47. The molecular weight excluding hydrogens is 294 g/mol. The summed E-state index contributed by atoms with van der Waals surface area (Å²) in [6.45, 7) is 0. The number of hydrogen-bond donors (Lipinski definition) is 1. The van der Waals surface area contributed by atoms with Gasteiger partial charge in [-0.25, -0.2) is 0 Å². The van der Waals surface area contributed by atoms with Crippen molar-refractivity contribution in [2.24, 2.45) is 29.1 Å². The number of fused-ring (bicyclic) bond motifs is 3. The summed E-state index contributed by atoms with van der Waals surface area (Å²) in [5.74, 6) is -1.28. The van der Waals surface area contributed by atoms with Crippen LogP contribution in [0.5, 0.6) is 0 Å². The van der Waals surface area contributed by atoms with Crippen molar-refractivity contribution in [1.82, 2.24) is 15.4 Å². The molecular formula is C17H15N3O3. The molecule has 2 saturated carbocycles. The first-order valence-electron chi connectivity index (χ1n) is 7.91. The smallest absolute Gasteiger partial charge is 0.271 e. The van der Waals surface area contributed by atoms with Crippen molar-refractivity contribution >= 4 is 17.7 Å². The van der Waals surface area contributed by atoms with E-state index in [1.54, 1.807) is 18.3 Å². The molecule has 4 atom stereocenters. The Morgan fingerprint density at radius 3 is 2.35 bits per heavy atom. The highest BCUT2D eigenvalue weighted by Crippen LogP contribution is 2.73. The van der Waals surface area contributed by atoms with Crippen LogP contribution in [0.2, 0.25) is 0 Å². The monoisotopic (exact) mass is 309 g/mol. The Kier molecular flexibility index (Phi) is 2.30. The summed E-state index contributed by atoms with van der Waals surface area (Å²) < 4.78 is 0. The van der Waals surface area contributed by atoms with Gasteiger partial charge in [-0.1, -0.05) is 12.2 Å². The molecule has 6 heteroatoms. The predicted molar refractivity (Wildman–Crippen MR) is 78.3 cm³/mol. The number of nitrogens with zero attached hydrogens (tertiary/aromatic N) is 2. The molecule has 1 aliphatic heterocycles. The van der Waals surface area contributed by atoms with E-state index in [1.807, 2.05) is 0 Å². The van der Waals surface area contributed by atoms with Crippen LogP contribution in [0.3, 0.4) is 0 Å². The summed E-state index contributed by atoms with van der Waals surface area (Å²) in [4.78, 5) is 41.5. The Morgan fingerprint density at radius 1 is 1.17 bits per heavy atom. The van der Waals surface area contributed by atoms with Gasteiger partial charge >= 0.3 is 0 Å². The lowest BCUT2D eigenvalue weighted by molar-refractivity contribution is -0.144. The third-order valence-electron chi connectivity index (χ3n) is 5.99. The summed E-state index contributed by atoms with van der Waals surface area (Å²) in [6.07, 6.45) is 9.39. The summed E-state index contributed by atoms with van der Waals surface area (Å²) in [5.41, 5.74) is 2.96. The summed E-state index contributed by atoms with van der Waals surface area (Å²) in [7, 11) is 0. The predicted octanol–water partition coefficient (Wildman–Crippen LogP) is 0.924. The normalized spacial score (nSPS) is 35.0. The van der Waals surface area contributed by atoms with Gasteiger partial charge in [-0.3, -0.25) is 24.8 Å². The van der Waals surface area contributed by atoms with Gasteiger partial charge in [-0.2, -0.15) is 5.01 Å². The van der Waals surface area contributed by atoms with Crippen LogP contribution in [0.1, 0.15) is 23.2 Å². The Hall–Kier alpha value is -2.50. The van der Waals surface area contributed by atoms with E-state index in [0.29, 0.717) is 5.56 Å².